The largest absolute Gasteiger partial charge is 0.490 e. The molecule has 0 heterocycles. The summed E-state index contributed by atoms with van der Waals surface area (Å²) in [6.45, 7) is -0.203. The number of alkyl halides is 17. The van der Waals surface area contributed by atoms with E-state index in [1.165, 1.54) is 19.2 Å². The SMILES string of the molecule is CNCC=CCOc1cccc(C(F)(F)C(F)(F)C(F)(F)C(F)(F)C(F)(F)C(F)(F)C(F)(F)C(F)(F)F)c1. The van der Waals surface area contributed by atoms with Gasteiger partial charge in [0.2, 0.25) is 0 Å². The van der Waals surface area contributed by atoms with E-state index in [0.717, 1.165) is 6.07 Å². The topological polar surface area (TPSA) is 21.3 Å². The van der Waals surface area contributed by atoms with Gasteiger partial charge >= 0.3 is 47.6 Å². The van der Waals surface area contributed by atoms with E-state index < -0.39 is 65.6 Å². The molecule has 1 aromatic rings. The summed E-state index contributed by atoms with van der Waals surface area (Å²) in [5, 5.41) is 2.62. The molecule has 0 aliphatic heterocycles. The summed E-state index contributed by atoms with van der Waals surface area (Å²) in [6.07, 6.45) is -5.17. The van der Waals surface area contributed by atoms with Crippen LogP contribution >= 0.6 is 0 Å². The lowest BCUT2D eigenvalue weighted by Gasteiger charge is -2.42. The summed E-state index contributed by atoms with van der Waals surface area (Å²) in [5.41, 5.74) is -2.33. The van der Waals surface area contributed by atoms with E-state index in [1.807, 2.05) is 0 Å². The molecule has 0 radical (unpaired) electrons. The van der Waals surface area contributed by atoms with Crippen LogP contribution in [-0.2, 0) is 5.92 Å². The van der Waals surface area contributed by atoms with Crippen molar-refractivity contribution in [1.29, 1.82) is 0 Å². The van der Waals surface area contributed by atoms with Crippen LogP contribution in [0, 0.1) is 0 Å². The maximum Gasteiger partial charge on any atom is 0.460 e. The molecule has 0 aliphatic carbocycles. The van der Waals surface area contributed by atoms with E-state index in [4.69, 9.17) is 4.74 Å². The lowest BCUT2D eigenvalue weighted by molar-refractivity contribution is -0.462. The standard InChI is InChI=1S/C19H14F17NO/c1-37-7-2-3-8-38-11-6-4-5-10(9-11)12(20,21)13(22,23)14(24,25)15(26,27)16(28,29)17(30,31)18(32,33)19(34,35)36/h2-6,9,37H,7-8H2,1H3. The Balaban J connectivity index is 3.55. The fraction of sp³-hybridized carbons (Fsp3) is 0.579. The fourth-order valence-electron chi connectivity index (χ4n) is 2.54. The van der Waals surface area contributed by atoms with E-state index >= 15 is 0 Å². The van der Waals surface area contributed by atoms with Crippen LogP contribution in [0.15, 0.2) is 36.4 Å². The van der Waals surface area contributed by atoms with Crippen LogP contribution in [0.4, 0.5) is 74.6 Å². The molecule has 0 unspecified atom stereocenters. The zero-order valence-corrected chi connectivity index (χ0v) is 18.2. The summed E-state index contributed by atoms with van der Waals surface area (Å²) in [7, 11) is 1.51. The lowest BCUT2D eigenvalue weighted by Crippen LogP contribution is -2.74. The summed E-state index contributed by atoms with van der Waals surface area (Å²) in [6, 6.07) is 0.883. The number of hydrogen-bond donors (Lipinski definition) is 1. The highest BCUT2D eigenvalue weighted by atomic mass is 19.4. The van der Waals surface area contributed by atoms with Crippen LogP contribution in [0.3, 0.4) is 0 Å². The Hall–Kier alpha value is -2.47. The second-order valence-electron chi connectivity index (χ2n) is 7.39. The van der Waals surface area contributed by atoms with Gasteiger partial charge in [0.1, 0.15) is 12.4 Å². The van der Waals surface area contributed by atoms with Crippen LogP contribution < -0.4 is 10.1 Å². The molecule has 2 nitrogen and oxygen atoms in total. The first-order valence-electron chi connectivity index (χ1n) is 9.53. The third-order valence-corrected chi connectivity index (χ3v) is 4.75. The smallest absolute Gasteiger partial charge is 0.460 e. The van der Waals surface area contributed by atoms with E-state index in [2.05, 4.69) is 5.32 Å². The molecule has 1 N–H and O–H groups in total. The van der Waals surface area contributed by atoms with Crippen LogP contribution in [0.2, 0.25) is 0 Å². The molecule has 0 atom stereocenters. The Morgan fingerprint density at radius 2 is 1.08 bits per heavy atom. The summed E-state index contributed by atoms with van der Waals surface area (Å²) in [4.78, 5) is 0. The predicted molar refractivity (Wildman–Crippen MR) is 94.6 cm³/mol. The summed E-state index contributed by atoms with van der Waals surface area (Å²) < 4.78 is 233. The zero-order valence-electron chi connectivity index (χ0n) is 18.2. The zero-order chi connectivity index (χ0) is 30.2. The molecule has 19 heteroatoms. The molecule has 1 aromatic carbocycles. The molecule has 0 aliphatic rings. The van der Waals surface area contributed by atoms with Gasteiger partial charge in [0, 0.05) is 12.1 Å². The lowest BCUT2D eigenvalue weighted by atomic mass is 9.87. The minimum atomic E-state index is -8.66. The number of nitrogens with one attached hydrogen (secondary N) is 1. The first kappa shape index (κ1) is 33.6. The van der Waals surface area contributed by atoms with Crippen molar-refractivity contribution >= 4 is 0 Å². The molecule has 0 fully saturated rings. The monoisotopic (exact) mass is 595 g/mol. The van der Waals surface area contributed by atoms with E-state index in [1.54, 1.807) is 0 Å². The van der Waals surface area contributed by atoms with Crippen molar-refractivity contribution in [3.05, 3.63) is 42.0 Å². The molecule has 0 amide bonds. The Bertz CT molecular complexity index is 984. The molecule has 38 heavy (non-hydrogen) atoms. The summed E-state index contributed by atoms with van der Waals surface area (Å²) >= 11 is 0. The average Bonchev–Trinajstić information content (AvgIpc) is 2.77. The highest BCUT2D eigenvalue weighted by Gasteiger charge is 2.95. The second kappa shape index (κ2) is 10.3. The van der Waals surface area contributed by atoms with Crippen molar-refractivity contribution < 1.29 is 79.4 Å². The number of benzene rings is 1. The van der Waals surface area contributed by atoms with Crippen molar-refractivity contribution in [1.82, 2.24) is 5.32 Å². The Kier molecular flexibility index (Phi) is 9.06. The quantitative estimate of drug-likeness (QED) is 0.202. The fourth-order valence-corrected chi connectivity index (χ4v) is 2.54. The highest BCUT2D eigenvalue weighted by Crippen LogP contribution is 2.65. The van der Waals surface area contributed by atoms with Gasteiger partial charge in [0.25, 0.3) is 0 Å². The molecule has 220 valence electrons. The Labute approximate surface area is 201 Å². The van der Waals surface area contributed by atoms with Crippen molar-refractivity contribution in [3.8, 4) is 5.75 Å². The number of likely N-dealkylation sites (N-methyl/N-ethyl adjacent to an activating group) is 1. The minimum absolute atomic E-state index is 0.129. The molecule has 0 aromatic heterocycles. The Morgan fingerprint density at radius 3 is 1.53 bits per heavy atom. The van der Waals surface area contributed by atoms with Crippen LogP contribution in [0.1, 0.15) is 5.56 Å². The number of hydrogen-bond acceptors (Lipinski definition) is 2. The van der Waals surface area contributed by atoms with Crippen molar-refractivity contribution in [2.24, 2.45) is 0 Å². The number of ether oxygens (including phenoxy) is 1. The highest BCUT2D eigenvalue weighted by molar-refractivity contribution is 5.34. The van der Waals surface area contributed by atoms with Crippen LogP contribution in [0.25, 0.3) is 0 Å². The number of halogens is 17. The van der Waals surface area contributed by atoms with Crippen molar-refractivity contribution in [2.75, 3.05) is 20.2 Å². The molecular formula is C19H14F17NO. The average molecular weight is 595 g/mol. The molecular weight excluding hydrogens is 581 g/mol. The van der Waals surface area contributed by atoms with Crippen LogP contribution in [-0.4, -0.2) is 61.9 Å². The second-order valence-corrected chi connectivity index (χ2v) is 7.39. The van der Waals surface area contributed by atoms with Crippen molar-refractivity contribution in [3.63, 3.8) is 0 Å². The molecule has 0 saturated carbocycles. The van der Waals surface area contributed by atoms with E-state index in [9.17, 15) is 74.6 Å². The minimum Gasteiger partial charge on any atom is -0.490 e. The van der Waals surface area contributed by atoms with E-state index in [0.29, 0.717) is 6.07 Å². The third kappa shape index (κ3) is 5.09. The summed E-state index contributed by atoms with van der Waals surface area (Å²) in [5.74, 6) is -57.6. The first-order chi connectivity index (χ1) is 16.8. The maximum atomic E-state index is 14.3. The first-order valence-corrected chi connectivity index (χ1v) is 9.53. The molecule has 1 rings (SSSR count). The van der Waals surface area contributed by atoms with Gasteiger partial charge in [-0.05, 0) is 19.2 Å². The predicted octanol–water partition coefficient (Wildman–Crippen LogP) is 7.31. The maximum absolute atomic E-state index is 14.3. The normalized spacial score (nSPS) is 15.3. The van der Waals surface area contributed by atoms with Gasteiger partial charge in [-0.25, -0.2) is 0 Å². The van der Waals surface area contributed by atoms with Gasteiger partial charge in [-0.1, -0.05) is 24.3 Å². The molecule has 0 bridgehead atoms. The Morgan fingerprint density at radius 1 is 0.632 bits per heavy atom. The van der Waals surface area contributed by atoms with E-state index in [-0.39, 0.29) is 18.7 Å². The van der Waals surface area contributed by atoms with Gasteiger partial charge in [-0.2, -0.15) is 74.6 Å². The van der Waals surface area contributed by atoms with Crippen molar-refractivity contribution in [2.45, 2.75) is 47.6 Å². The number of rotatable bonds is 12. The molecule has 0 saturated heterocycles. The van der Waals surface area contributed by atoms with Gasteiger partial charge in [0.15, 0.2) is 0 Å². The van der Waals surface area contributed by atoms with Crippen LogP contribution in [0.5, 0.6) is 5.75 Å². The van der Waals surface area contributed by atoms with Gasteiger partial charge < -0.3 is 10.1 Å². The van der Waals surface area contributed by atoms with Gasteiger partial charge in [-0.15, -0.1) is 0 Å². The van der Waals surface area contributed by atoms with Gasteiger partial charge in [0.05, 0.1) is 0 Å². The molecule has 0 spiro atoms. The third-order valence-electron chi connectivity index (χ3n) is 4.75. The van der Waals surface area contributed by atoms with Gasteiger partial charge in [-0.3, -0.25) is 0 Å².